The summed E-state index contributed by atoms with van der Waals surface area (Å²) >= 11 is 5.66. The van der Waals surface area contributed by atoms with Crippen LogP contribution in [-0.4, -0.2) is 59.5 Å². The number of aromatic nitrogens is 1. The highest BCUT2D eigenvalue weighted by Gasteiger charge is 2.30. The molecular weight excluding hydrogens is 479 g/mol. The van der Waals surface area contributed by atoms with Crippen LogP contribution in [0.2, 0.25) is 0 Å². The lowest BCUT2D eigenvalue weighted by Crippen LogP contribution is -2.44. The van der Waals surface area contributed by atoms with E-state index in [0.717, 1.165) is 26.1 Å². The van der Waals surface area contributed by atoms with Crippen LogP contribution in [-0.2, 0) is 4.79 Å². The highest BCUT2D eigenvalue weighted by atomic mass is 32.1. The number of rotatable bonds is 7. The molecule has 0 saturated carbocycles. The van der Waals surface area contributed by atoms with Gasteiger partial charge in [0, 0.05) is 25.2 Å². The van der Waals surface area contributed by atoms with Crippen molar-refractivity contribution in [3.63, 3.8) is 0 Å². The third-order valence-corrected chi connectivity index (χ3v) is 6.92. The molecule has 1 aromatic carbocycles. The van der Waals surface area contributed by atoms with Crippen molar-refractivity contribution in [2.45, 2.75) is 39.0 Å². The fraction of sp³-hybridized carbons (Fsp3) is 0.423. The molecule has 4 rings (SSSR count). The molecule has 188 valence electrons. The van der Waals surface area contributed by atoms with E-state index in [1.54, 1.807) is 24.0 Å². The van der Waals surface area contributed by atoms with Gasteiger partial charge in [0.25, 0.3) is 5.91 Å². The molecule has 36 heavy (non-hydrogen) atoms. The zero-order valence-corrected chi connectivity index (χ0v) is 21.1. The number of pyridine rings is 1. The molecule has 0 aliphatic carbocycles. The third-order valence-electron chi connectivity index (χ3n) is 6.52. The van der Waals surface area contributed by atoms with Crippen molar-refractivity contribution >= 4 is 40.5 Å². The maximum absolute atomic E-state index is 15.0. The molecule has 3 heterocycles. The quantitative estimate of drug-likeness (QED) is 0.452. The number of halogens is 1. The molecule has 2 saturated heterocycles. The van der Waals surface area contributed by atoms with E-state index in [1.165, 1.54) is 36.1 Å². The van der Waals surface area contributed by atoms with E-state index in [4.69, 9.17) is 17.5 Å². The average molecular weight is 509 g/mol. The summed E-state index contributed by atoms with van der Waals surface area (Å²) in [5.41, 5.74) is 1.79. The van der Waals surface area contributed by atoms with Gasteiger partial charge in [0.15, 0.2) is 5.11 Å². The second-order valence-electron chi connectivity index (χ2n) is 9.06. The first-order chi connectivity index (χ1) is 17.4. The SMILES string of the molecule is Cc1cc(N2C(=O)CCCN(c3ccc(C(=O)NCCCN4CCCC4)c(F)c3)C2=S)cnc1C#N. The molecule has 2 aromatic rings. The molecule has 0 radical (unpaired) electrons. The van der Waals surface area contributed by atoms with Crippen molar-refractivity contribution < 1.29 is 14.0 Å². The smallest absolute Gasteiger partial charge is 0.254 e. The largest absolute Gasteiger partial charge is 0.352 e. The molecule has 1 N–H and O–H groups in total. The van der Waals surface area contributed by atoms with E-state index >= 15 is 4.39 Å². The van der Waals surface area contributed by atoms with Crippen LogP contribution in [0.1, 0.15) is 53.7 Å². The maximum Gasteiger partial charge on any atom is 0.254 e. The first-order valence-electron chi connectivity index (χ1n) is 12.2. The first kappa shape index (κ1) is 25.7. The number of hydrogen-bond acceptors (Lipinski definition) is 6. The lowest BCUT2D eigenvalue weighted by atomic mass is 10.1. The van der Waals surface area contributed by atoms with E-state index in [9.17, 15) is 9.59 Å². The van der Waals surface area contributed by atoms with Gasteiger partial charge in [-0.15, -0.1) is 0 Å². The van der Waals surface area contributed by atoms with Crippen molar-refractivity contribution in [3.8, 4) is 6.07 Å². The van der Waals surface area contributed by atoms with Gasteiger partial charge in [-0.25, -0.2) is 9.37 Å². The molecule has 10 heteroatoms. The summed E-state index contributed by atoms with van der Waals surface area (Å²) < 4.78 is 15.0. The molecule has 0 atom stereocenters. The van der Waals surface area contributed by atoms with Crippen LogP contribution in [0.15, 0.2) is 30.5 Å². The summed E-state index contributed by atoms with van der Waals surface area (Å²) in [7, 11) is 0. The Bertz CT molecular complexity index is 1210. The zero-order chi connectivity index (χ0) is 25.7. The second kappa shape index (κ2) is 11.5. The predicted molar refractivity (Wildman–Crippen MR) is 139 cm³/mol. The Morgan fingerprint density at radius 3 is 2.67 bits per heavy atom. The Morgan fingerprint density at radius 2 is 1.97 bits per heavy atom. The Labute approximate surface area is 215 Å². The summed E-state index contributed by atoms with van der Waals surface area (Å²) in [5.74, 6) is -1.29. The van der Waals surface area contributed by atoms with Crippen LogP contribution >= 0.6 is 12.2 Å². The number of likely N-dealkylation sites (tertiary alicyclic amines) is 1. The first-order valence-corrected chi connectivity index (χ1v) is 12.6. The lowest BCUT2D eigenvalue weighted by Gasteiger charge is -2.29. The number of anilines is 2. The van der Waals surface area contributed by atoms with Gasteiger partial charge in [0.05, 0.1) is 17.4 Å². The molecule has 2 amide bonds. The number of nitriles is 1. The molecule has 0 spiro atoms. The number of carbonyl (C=O) groups is 2. The number of amides is 2. The number of aryl methyl sites for hydroxylation is 1. The number of thiocarbonyl (C=S) groups is 1. The Morgan fingerprint density at radius 1 is 1.19 bits per heavy atom. The molecule has 0 unspecified atom stereocenters. The highest BCUT2D eigenvalue weighted by molar-refractivity contribution is 7.81. The Hall–Kier alpha value is -3.42. The predicted octanol–water partition coefficient (Wildman–Crippen LogP) is 3.53. The molecular formula is C26H29FN6O2S. The van der Waals surface area contributed by atoms with Gasteiger partial charge < -0.3 is 15.1 Å². The van der Waals surface area contributed by atoms with Gasteiger partial charge >= 0.3 is 0 Å². The second-order valence-corrected chi connectivity index (χ2v) is 9.43. The monoisotopic (exact) mass is 508 g/mol. The van der Waals surface area contributed by atoms with Crippen LogP contribution in [0.5, 0.6) is 0 Å². The highest BCUT2D eigenvalue weighted by Crippen LogP contribution is 2.27. The van der Waals surface area contributed by atoms with Gasteiger partial charge in [-0.05, 0) is 94.3 Å². The van der Waals surface area contributed by atoms with Crippen molar-refractivity contribution in [1.29, 1.82) is 5.26 Å². The fourth-order valence-electron chi connectivity index (χ4n) is 4.58. The summed E-state index contributed by atoms with van der Waals surface area (Å²) in [4.78, 5) is 35.0. The molecule has 2 aliphatic heterocycles. The topological polar surface area (TPSA) is 92.6 Å². The van der Waals surface area contributed by atoms with Gasteiger partial charge in [0.2, 0.25) is 5.91 Å². The van der Waals surface area contributed by atoms with Crippen molar-refractivity contribution in [2.75, 3.05) is 42.5 Å². The van der Waals surface area contributed by atoms with Gasteiger partial charge in [0.1, 0.15) is 17.6 Å². The number of nitrogens with one attached hydrogen (secondary N) is 1. The Kier molecular flexibility index (Phi) is 8.23. The third kappa shape index (κ3) is 5.69. The number of carbonyl (C=O) groups excluding carboxylic acids is 2. The number of hydrogen-bond donors (Lipinski definition) is 1. The average Bonchev–Trinajstić information content (AvgIpc) is 3.33. The minimum Gasteiger partial charge on any atom is -0.352 e. The summed E-state index contributed by atoms with van der Waals surface area (Å²) in [6.45, 7) is 5.79. The van der Waals surface area contributed by atoms with E-state index in [1.807, 2.05) is 6.07 Å². The minimum absolute atomic E-state index is 0.0273. The van der Waals surface area contributed by atoms with E-state index in [-0.39, 0.29) is 28.7 Å². The van der Waals surface area contributed by atoms with Crippen molar-refractivity contribution in [2.24, 2.45) is 0 Å². The molecule has 2 aliphatic rings. The van der Waals surface area contributed by atoms with Crippen LogP contribution in [0.4, 0.5) is 15.8 Å². The maximum atomic E-state index is 15.0. The number of benzene rings is 1. The molecule has 2 fully saturated rings. The van der Waals surface area contributed by atoms with Gasteiger partial charge in [-0.2, -0.15) is 5.26 Å². The summed E-state index contributed by atoms with van der Waals surface area (Å²) in [6, 6.07) is 8.08. The summed E-state index contributed by atoms with van der Waals surface area (Å²) in [5, 5.41) is 12.2. The lowest BCUT2D eigenvalue weighted by molar-refractivity contribution is -0.117. The molecule has 1 aromatic heterocycles. The molecule has 0 bridgehead atoms. The Balaban J connectivity index is 1.46. The molecule has 8 nitrogen and oxygen atoms in total. The van der Waals surface area contributed by atoms with Crippen LogP contribution in [0.25, 0.3) is 0 Å². The number of nitrogens with zero attached hydrogens (tertiary/aromatic N) is 5. The van der Waals surface area contributed by atoms with Crippen LogP contribution < -0.4 is 15.1 Å². The van der Waals surface area contributed by atoms with Crippen molar-refractivity contribution in [1.82, 2.24) is 15.2 Å². The summed E-state index contributed by atoms with van der Waals surface area (Å²) in [6.07, 6.45) is 5.49. The van der Waals surface area contributed by atoms with Gasteiger partial charge in [-0.3, -0.25) is 14.5 Å². The van der Waals surface area contributed by atoms with Crippen molar-refractivity contribution in [3.05, 3.63) is 53.1 Å². The normalized spacial score (nSPS) is 16.7. The van der Waals surface area contributed by atoms with Gasteiger partial charge in [-0.1, -0.05) is 0 Å². The standard InChI is InChI=1S/C26H29FN6O2S/c1-18-14-20(17-30-23(18)16-28)33-24(34)6-4-13-32(26(33)36)19-7-8-21(22(27)15-19)25(35)29-9-5-12-31-10-2-3-11-31/h7-8,14-15,17H,2-6,9-13H2,1H3,(H,29,35). The minimum atomic E-state index is -0.648. The van der Waals surface area contributed by atoms with E-state index < -0.39 is 11.7 Å². The van der Waals surface area contributed by atoms with Crippen LogP contribution in [0, 0.1) is 24.1 Å². The fourth-order valence-corrected chi connectivity index (χ4v) is 4.98. The van der Waals surface area contributed by atoms with E-state index in [0.29, 0.717) is 36.4 Å². The zero-order valence-electron chi connectivity index (χ0n) is 20.3. The van der Waals surface area contributed by atoms with E-state index in [2.05, 4.69) is 15.2 Å². The van der Waals surface area contributed by atoms with Crippen LogP contribution in [0.3, 0.4) is 0 Å².